The number of hydrogen-bond acceptors (Lipinski definition) is 3. The van der Waals surface area contributed by atoms with Crippen molar-refractivity contribution in [2.24, 2.45) is 5.10 Å². The van der Waals surface area contributed by atoms with Crippen molar-refractivity contribution < 1.29 is 4.79 Å². The number of hydrazone groups is 1. The van der Waals surface area contributed by atoms with Crippen LogP contribution in [-0.2, 0) is 4.79 Å². The van der Waals surface area contributed by atoms with Gasteiger partial charge in [-0.2, -0.15) is 5.10 Å². The van der Waals surface area contributed by atoms with Crippen molar-refractivity contribution in [1.29, 1.82) is 0 Å². The van der Waals surface area contributed by atoms with Crippen LogP contribution in [0.5, 0.6) is 0 Å². The minimum absolute atomic E-state index is 0.251. The van der Waals surface area contributed by atoms with E-state index in [4.69, 9.17) is 23.2 Å². The minimum Gasteiger partial charge on any atom is -0.373 e. The molecule has 132 valence electrons. The van der Waals surface area contributed by atoms with Crippen LogP contribution in [0.25, 0.3) is 10.8 Å². The van der Waals surface area contributed by atoms with Gasteiger partial charge in [-0.3, -0.25) is 4.79 Å². The van der Waals surface area contributed by atoms with E-state index >= 15 is 0 Å². The van der Waals surface area contributed by atoms with Crippen molar-refractivity contribution in [3.63, 3.8) is 0 Å². The maximum absolute atomic E-state index is 12.3. The zero-order valence-electron chi connectivity index (χ0n) is 14.0. The quantitative estimate of drug-likeness (QED) is 0.474. The number of halogens is 2. The number of carbonyl (C=O) groups excluding carboxylic acids is 1. The standard InChI is InChI=1S/C20H17Cl2N3O/c1-13(24-19-8-4-6-14-5-2-3-7-17(14)19)20(26)25-23-12-15-9-10-16(21)11-18(15)22/h2-13,24H,1H3,(H,25,26)/b23-12-/t13-/m0/s1. The van der Waals surface area contributed by atoms with Crippen LogP contribution in [0.15, 0.2) is 65.8 Å². The van der Waals surface area contributed by atoms with Crippen molar-refractivity contribution in [1.82, 2.24) is 5.43 Å². The van der Waals surface area contributed by atoms with E-state index in [0.29, 0.717) is 15.6 Å². The Labute approximate surface area is 161 Å². The number of rotatable bonds is 5. The van der Waals surface area contributed by atoms with E-state index in [1.54, 1.807) is 25.1 Å². The third-order valence-corrected chi connectivity index (χ3v) is 4.46. The van der Waals surface area contributed by atoms with Gasteiger partial charge < -0.3 is 5.32 Å². The van der Waals surface area contributed by atoms with Gasteiger partial charge in [0.05, 0.1) is 11.2 Å². The maximum Gasteiger partial charge on any atom is 0.262 e. The molecule has 2 N–H and O–H groups in total. The average Bonchev–Trinajstić information content (AvgIpc) is 2.63. The molecule has 0 unspecified atom stereocenters. The molecule has 0 spiro atoms. The number of nitrogens with one attached hydrogen (secondary N) is 2. The first-order chi connectivity index (χ1) is 12.5. The fourth-order valence-electron chi connectivity index (χ4n) is 2.52. The van der Waals surface area contributed by atoms with Crippen molar-refractivity contribution in [3.05, 3.63) is 76.3 Å². The summed E-state index contributed by atoms with van der Waals surface area (Å²) in [6.07, 6.45) is 1.49. The molecule has 0 saturated heterocycles. The summed E-state index contributed by atoms with van der Waals surface area (Å²) in [6, 6.07) is 18.5. The van der Waals surface area contributed by atoms with Crippen molar-refractivity contribution in [2.45, 2.75) is 13.0 Å². The van der Waals surface area contributed by atoms with Gasteiger partial charge in [0, 0.05) is 21.7 Å². The molecule has 0 aliphatic carbocycles. The first-order valence-electron chi connectivity index (χ1n) is 8.07. The fraction of sp³-hybridized carbons (Fsp3) is 0.100. The van der Waals surface area contributed by atoms with Gasteiger partial charge in [0.2, 0.25) is 0 Å². The molecule has 0 saturated carbocycles. The number of carbonyl (C=O) groups is 1. The van der Waals surface area contributed by atoms with Gasteiger partial charge >= 0.3 is 0 Å². The van der Waals surface area contributed by atoms with E-state index in [1.807, 2.05) is 42.5 Å². The van der Waals surface area contributed by atoms with Gasteiger partial charge in [-0.15, -0.1) is 0 Å². The predicted octanol–water partition coefficient (Wildman–Crippen LogP) is 5.10. The number of hydrogen-bond donors (Lipinski definition) is 2. The second-order valence-corrected chi connectivity index (χ2v) is 6.64. The van der Waals surface area contributed by atoms with Crippen LogP contribution >= 0.6 is 23.2 Å². The first kappa shape index (κ1) is 18.2. The molecule has 6 heteroatoms. The summed E-state index contributed by atoms with van der Waals surface area (Å²) in [4.78, 5) is 12.3. The van der Waals surface area contributed by atoms with Gasteiger partial charge in [0.15, 0.2) is 0 Å². The Morgan fingerprint density at radius 1 is 1.08 bits per heavy atom. The van der Waals surface area contributed by atoms with E-state index in [2.05, 4.69) is 15.8 Å². The molecule has 0 bridgehead atoms. The minimum atomic E-state index is -0.460. The summed E-state index contributed by atoms with van der Waals surface area (Å²) in [7, 11) is 0. The summed E-state index contributed by atoms with van der Waals surface area (Å²) in [5.41, 5.74) is 4.09. The highest BCUT2D eigenvalue weighted by Crippen LogP contribution is 2.23. The summed E-state index contributed by atoms with van der Waals surface area (Å²) < 4.78 is 0. The summed E-state index contributed by atoms with van der Waals surface area (Å²) in [5.74, 6) is -0.251. The van der Waals surface area contributed by atoms with E-state index in [-0.39, 0.29) is 5.91 Å². The molecule has 1 amide bonds. The molecule has 3 rings (SSSR count). The van der Waals surface area contributed by atoms with Crippen LogP contribution in [0.1, 0.15) is 12.5 Å². The van der Waals surface area contributed by atoms with Crippen LogP contribution in [0.2, 0.25) is 10.0 Å². The Kier molecular flexibility index (Phi) is 5.76. The molecule has 3 aromatic carbocycles. The second-order valence-electron chi connectivity index (χ2n) is 5.79. The second kappa shape index (κ2) is 8.21. The highest BCUT2D eigenvalue weighted by molar-refractivity contribution is 6.36. The van der Waals surface area contributed by atoms with E-state index < -0.39 is 6.04 Å². The van der Waals surface area contributed by atoms with Crippen LogP contribution in [-0.4, -0.2) is 18.2 Å². The largest absolute Gasteiger partial charge is 0.373 e. The molecule has 0 aliphatic rings. The van der Waals surface area contributed by atoms with Crippen LogP contribution in [0.4, 0.5) is 5.69 Å². The molecule has 0 heterocycles. The monoisotopic (exact) mass is 385 g/mol. The van der Waals surface area contributed by atoms with E-state index in [0.717, 1.165) is 16.5 Å². The number of benzene rings is 3. The van der Waals surface area contributed by atoms with Gasteiger partial charge in [0.1, 0.15) is 6.04 Å². The molecule has 0 aromatic heterocycles. The Balaban J connectivity index is 1.65. The smallest absolute Gasteiger partial charge is 0.262 e. The highest BCUT2D eigenvalue weighted by atomic mass is 35.5. The van der Waals surface area contributed by atoms with Crippen LogP contribution in [0, 0.1) is 0 Å². The Hall–Kier alpha value is -2.56. The Morgan fingerprint density at radius 2 is 1.85 bits per heavy atom. The van der Waals surface area contributed by atoms with Gasteiger partial charge in [-0.1, -0.05) is 65.7 Å². The third-order valence-electron chi connectivity index (χ3n) is 3.90. The van der Waals surface area contributed by atoms with E-state index in [9.17, 15) is 4.79 Å². The number of fused-ring (bicyclic) bond motifs is 1. The molecule has 3 aromatic rings. The molecule has 0 fully saturated rings. The lowest BCUT2D eigenvalue weighted by atomic mass is 10.1. The molecular formula is C20H17Cl2N3O. The lowest BCUT2D eigenvalue weighted by Gasteiger charge is -2.15. The predicted molar refractivity (Wildman–Crippen MR) is 109 cm³/mol. The molecule has 1 atom stereocenters. The lowest BCUT2D eigenvalue weighted by molar-refractivity contribution is -0.121. The van der Waals surface area contributed by atoms with E-state index in [1.165, 1.54) is 6.21 Å². The Morgan fingerprint density at radius 3 is 2.65 bits per heavy atom. The summed E-state index contributed by atoms with van der Waals surface area (Å²) in [5, 5.41) is 10.4. The van der Waals surface area contributed by atoms with Crippen molar-refractivity contribution >= 4 is 51.8 Å². The molecule has 4 nitrogen and oxygen atoms in total. The number of anilines is 1. The van der Waals surface area contributed by atoms with Crippen molar-refractivity contribution in [2.75, 3.05) is 5.32 Å². The zero-order valence-corrected chi connectivity index (χ0v) is 15.6. The fourth-order valence-corrected chi connectivity index (χ4v) is 2.98. The molecule has 0 aliphatic heterocycles. The van der Waals surface area contributed by atoms with Crippen LogP contribution in [0.3, 0.4) is 0 Å². The first-order valence-corrected chi connectivity index (χ1v) is 8.82. The molecule has 0 radical (unpaired) electrons. The zero-order chi connectivity index (χ0) is 18.5. The number of amides is 1. The van der Waals surface area contributed by atoms with Gasteiger partial charge in [-0.25, -0.2) is 5.43 Å². The molecule has 26 heavy (non-hydrogen) atoms. The number of nitrogens with zero attached hydrogens (tertiary/aromatic N) is 1. The third kappa shape index (κ3) is 4.34. The highest BCUT2D eigenvalue weighted by Gasteiger charge is 2.13. The Bertz CT molecular complexity index is 967. The molecular weight excluding hydrogens is 369 g/mol. The normalized spacial score (nSPS) is 12.3. The van der Waals surface area contributed by atoms with Gasteiger partial charge in [-0.05, 0) is 30.5 Å². The topological polar surface area (TPSA) is 53.5 Å². The van der Waals surface area contributed by atoms with Crippen molar-refractivity contribution in [3.8, 4) is 0 Å². The average molecular weight is 386 g/mol. The lowest BCUT2D eigenvalue weighted by Crippen LogP contribution is -2.34. The summed E-state index contributed by atoms with van der Waals surface area (Å²) >= 11 is 11.9. The summed E-state index contributed by atoms with van der Waals surface area (Å²) in [6.45, 7) is 1.78. The van der Waals surface area contributed by atoms with Crippen LogP contribution < -0.4 is 10.7 Å². The maximum atomic E-state index is 12.3. The SMILES string of the molecule is C[C@H](Nc1cccc2ccccc12)C(=O)N/N=C\c1ccc(Cl)cc1Cl. The van der Waals surface area contributed by atoms with Gasteiger partial charge in [0.25, 0.3) is 5.91 Å².